The molecule has 2 N–H and O–H groups in total. The third kappa shape index (κ3) is 4.68. The summed E-state index contributed by atoms with van der Waals surface area (Å²) in [5.41, 5.74) is 1.61. The second-order valence-electron chi connectivity index (χ2n) is 3.76. The Morgan fingerprint density at radius 3 is 2.35 bits per heavy atom. The van der Waals surface area contributed by atoms with Crippen LogP contribution in [0.4, 0.5) is 5.69 Å². The Kier molecular flexibility index (Phi) is 5.20. The molecule has 0 atom stereocenters. The summed E-state index contributed by atoms with van der Waals surface area (Å²) in [6, 6.07) is 7.23. The summed E-state index contributed by atoms with van der Waals surface area (Å²) in [7, 11) is 0. The van der Waals surface area contributed by atoms with E-state index in [0.29, 0.717) is 25.1 Å². The lowest BCUT2D eigenvalue weighted by atomic mass is 10.1. The quantitative estimate of drug-likeness (QED) is 0.738. The van der Waals surface area contributed by atoms with Gasteiger partial charge in [-0.15, -0.1) is 0 Å². The van der Waals surface area contributed by atoms with Gasteiger partial charge in [-0.2, -0.15) is 0 Å². The zero-order valence-corrected chi connectivity index (χ0v) is 10.2. The van der Waals surface area contributed by atoms with E-state index in [2.05, 4.69) is 10.6 Å². The largest absolute Gasteiger partial charge is 0.385 e. The SMILES string of the molecule is CCNC(=O)CCNc1ccc(C(C)=O)cc1. The van der Waals surface area contributed by atoms with Crippen LogP contribution in [0, 0.1) is 0 Å². The fraction of sp³-hybridized carbons (Fsp3) is 0.385. The molecule has 4 heteroatoms. The maximum absolute atomic E-state index is 11.2. The van der Waals surface area contributed by atoms with E-state index >= 15 is 0 Å². The van der Waals surface area contributed by atoms with Crippen molar-refractivity contribution in [1.29, 1.82) is 0 Å². The molecule has 92 valence electrons. The maximum Gasteiger partial charge on any atom is 0.221 e. The van der Waals surface area contributed by atoms with E-state index in [1.807, 2.05) is 19.1 Å². The molecule has 17 heavy (non-hydrogen) atoms. The van der Waals surface area contributed by atoms with Gasteiger partial charge in [0.05, 0.1) is 0 Å². The topological polar surface area (TPSA) is 58.2 Å². The average Bonchev–Trinajstić information content (AvgIpc) is 2.30. The number of nitrogens with one attached hydrogen (secondary N) is 2. The van der Waals surface area contributed by atoms with Gasteiger partial charge in [-0.1, -0.05) is 0 Å². The fourth-order valence-corrected chi connectivity index (χ4v) is 1.43. The second-order valence-corrected chi connectivity index (χ2v) is 3.76. The molecule has 0 spiro atoms. The van der Waals surface area contributed by atoms with Gasteiger partial charge >= 0.3 is 0 Å². The summed E-state index contributed by atoms with van der Waals surface area (Å²) in [6.45, 7) is 4.68. The number of rotatable bonds is 6. The molecule has 0 fully saturated rings. The number of carbonyl (C=O) groups is 2. The molecule has 1 amide bonds. The van der Waals surface area contributed by atoms with Crippen LogP contribution in [0.25, 0.3) is 0 Å². The first-order valence-corrected chi connectivity index (χ1v) is 5.75. The molecule has 0 aromatic heterocycles. The summed E-state index contributed by atoms with van der Waals surface area (Å²) >= 11 is 0. The third-order valence-corrected chi connectivity index (χ3v) is 2.35. The summed E-state index contributed by atoms with van der Waals surface area (Å²) in [6.07, 6.45) is 0.447. The molecule has 0 aliphatic rings. The number of carbonyl (C=O) groups excluding carboxylic acids is 2. The van der Waals surface area contributed by atoms with Gasteiger partial charge in [0.1, 0.15) is 0 Å². The van der Waals surface area contributed by atoms with Gasteiger partial charge in [-0.3, -0.25) is 9.59 Å². The van der Waals surface area contributed by atoms with Crippen molar-refractivity contribution in [2.45, 2.75) is 20.3 Å². The highest BCUT2D eigenvalue weighted by molar-refractivity contribution is 5.94. The Labute approximate surface area is 101 Å². The zero-order chi connectivity index (χ0) is 12.7. The highest BCUT2D eigenvalue weighted by Gasteiger charge is 2.00. The summed E-state index contributed by atoms with van der Waals surface area (Å²) in [5, 5.41) is 5.86. The first kappa shape index (κ1) is 13.2. The number of hydrogen-bond donors (Lipinski definition) is 2. The van der Waals surface area contributed by atoms with E-state index in [0.717, 1.165) is 5.69 Å². The molecular weight excluding hydrogens is 216 g/mol. The van der Waals surface area contributed by atoms with Crippen molar-refractivity contribution in [2.24, 2.45) is 0 Å². The summed E-state index contributed by atoms with van der Waals surface area (Å²) in [4.78, 5) is 22.2. The van der Waals surface area contributed by atoms with Gasteiger partial charge in [-0.25, -0.2) is 0 Å². The predicted molar refractivity (Wildman–Crippen MR) is 68.2 cm³/mol. The van der Waals surface area contributed by atoms with E-state index in [1.165, 1.54) is 6.92 Å². The van der Waals surface area contributed by atoms with Gasteiger partial charge in [0.2, 0.25) is 5.91 Å². The van der Waals surface area contributed by atoms with Crippen molar-refractivity contribution < 1.29 is 9.59 Å². The van der Waals surface area contributed by atoms with Crippen LogP contribution in [0.15, 0.2) is 24.3 Å². The summed E-state index contributed by atoms with van der Waals surface area (Å²) in [5.74, 6) is 0.0965. The van der Waals surface area contributed by atoms with Crippen LogP contribution in [0.3, 0.4) is 0 Å². The molecule has 0 unspecified atom stereocenters. The lowest BCUT2D eigenvalue weighted by Gasteiger charge is -2.06. The van der Waals surface area contributed by atoms with E-state index in [1.54, 1.807) is 12.1 Å². The standard InChI is InChI=1S/C13H18N2O2/c1-3-14-13(17)8-9-15-12-6-4-11(5-7-12)10(2)16/h4-7,15H,3,8-9H2,1-2H3,(H,14,17). The molecule has 0 saturated heterocycles. The smallest absolute Gasteiger partial charge is 0.221 e. The Morgan fingerprint density at radius 1 is 1.18 bits per heavy atom. The van der Waals surface area contributed by atoms with Crippen LogP contribution in [0.1, 0.15) is 30.6 Å². The highest BCUT2D eigenvalue weighted by atomic mass is 16.1. The predicted octanol–water partition coefficient (Wildman–Crippen LogP) is 1.83. The van der Waals surface area contributed by atoms with Gasteiger partial charge in [0.25, 0.3) is 0 Å². The molecule has 0 aliphatic carbocycles. The van der Waals surface area contributed by atoms with Crippen LogP contribution in [0.2, 0.25) is 0 Å². The van der Waals surface area contributed by atoms with Crippen LogP contribution < -0.4 is 10.6 Å². The Bertz CT molecular complexity index is 385. The molecule has 1 aromatic rings. The fourth-order valence-electron chi connectivity index (χ4n) is 1.43. The maximum atomic E-state index is 11.2. The van der Waals surface area contributed by atoms with Crippen LogP contribution in [0.5, 0.6) is 0 Å². The van der Waals surface area contributed by atoms with E-state index in [-0.39, 0.29) is 11.7 Å². The van der Waals surface area contributed by atoms with Crippen molar-refractivity contribution in [3.05, 3.63) is 29.8 Å². The minimum atomic E-state index is 0.0420. The zero-order valence-electron chi connectivity index (χ0n) is 10.2. The second kappa shape index (κ2) is 6.68. The van der Waals surface area contributed by atoms with Gasteiger partial charge in [-0.05, 0) is 38.1 Å². The molecular formula is C13H18N2O2. The van der Waals surface area contributed by atoms with Crippen molar-refractivity contribution in [3.8, 4) is 0 Å². The number of anilines is 1. The summed E-state index contributed by atoms with van der Waals surface area (Å²) < 4.78 is 0. The molecule has 0 aliphatic heterocycles. The Balaban J connectivity index is 2.37. The van der Waals surface area contributed by atoms with Gasteiger partial charge < -0.3 is 10.6 Å². The average molecular weight is 234 g/mol. The lowest BCUT2D eigenvalue weighted by molar-refractivity contribution is -0.120. The number of Topliss-reactive ketones (excluding diaryl/α,β-unsaturated/α-hetero) is 1. The molecule has 1 rings (SSSR count). The first-order valence-electron chi connectivity index (χ1n) is 5.75. The van der Waals surface area contributed by atoms with E-state index < -0.39 is 0 Å². The number of amides is 1. The number of benzene rings is 1. The molecule has 0 heterocycles. The van der Waals surface area contributed by atoms with Crippen LogP contribution >= 0.6 is 0 Å². The Hall–Kier alpha value is -1.84. The highest BCUT2D eigenvalue weighted by Crippen LogP contribution is 2.09. The first-order chi connectivity index (χ1) is 8.13. The molecule has 4 nitrogen and oxygen atoms in total. The van der Waals surface area contributed by atoms with Crippen LogP contribution in [-0.2, 0) is 4.79 Å². The monoisotopic (exact) mass is 234 g/mol. The Morgan fingerprint density at radius 2 is 1.82 bits per heavy atom. The molecule has 0 saturated carbocycles. The number of ketones is 1. The van der Waals surface area contributed by atoms with E-state index in [9.17, 15) is 9.59 Å². The van der Waals surface area contributed by atoms with Crippen molar-refractivity contribution in [1.82, 2.24) is 5.32 Å². The minimum Gasteiger partial charge on any atom is -0.385 e. The van der Waals surface area contributed by atoms with E-state index in [4.69, 9.17) is 0 Å². The molecule has 1 aromatic carbocycles. The van der Waals surface area contributed by atoms with Gasteiger partial charge in [0.15, 0.2) is 5.78 Å². The van der Waals surface area contributed by atoms with Crippen molar-refractivity contribution in [2.75, 3.05) is 18.4 Å². The van der Waals surface area contributed by atoms with Crippen LogP contribution in [-0.4, -0.2) is 24.8 Å². The minimum absolute atomic E-state index is 0.0420. The third-order valence-electron chi connectivity index (χ3n) is 2.35. The van der Waals surface area contributed by atoms with Crippen molar-refractivity contribution >= 4 is 17.4 Å². The molecule has 0 radical (unpaired) electrons. The molecule has 0 bridgehead atoms. The lowest BCUT2D eigenvalue weighted by Crippen LogP contribution is -2.24. The number of hydrogen-bond acceptors (Lipinski definition) is 3. The normalized spacial score (nSPS) is 9.76. The van der Waals surface area contributed by atoms with Gasteiger partial charge in [0, 0.05) is 30.8 Å². The van der Waals surface area contributed by atoms with Crippen molar-refractivity contribution in [3.63, 3.8) is 0 Å².